The lowest BCUT2D eigenvalue weighted by Crippen LogP contribution is -2.52. The largest absolute Gasteiger partial charge is 0.457 e. The van der Waals surface area contributed by atoms with Crippen LogP contribution in [0.2, 0.25) is 0 Å². The lowest BCUT2D eigenvalue weighted by Gasteiger charge is -2.36. The van der Waals surface area contributed by atoms with E-state index >= 15 is 0 Å². The zero-order chi connectivity index (χ0) is 21.5. The number of esters is 2. The molecular formula is C23H24O7. The van der Waals surface area contributed by atoms with Crippen molar-refractivity contribution in [1.82, 2.24) is 0 Å². The third-order valence-electron chi connectivity index (χ3n) is 4.73. The molecule has 0 saturated heterocycles. The van der Waals surface area contributed by atoms with Crippen LogP contribution < -0.4 is 0 Å². The van der Waals surface area contributed by atoms with Crippen LogP contribution in [0.5, 0.6) is 0 Å². The number of aliphatic hydroxyl groups excluding tert-OH is 2. The van der Waals surface area contributed by atoms with E-state index in [-0.39, 0.29) is 12.2 Å². The lowest BCUT2D eigenvalue weighted by molar-refractivity contribution is -0.117. The van der Waals surface area contributed by atoms with Crippen molar-refractivity contribution < 1.29 is 34.0 Å². The molecule has 0 aromatic heterocycles. The van der Waals surface area contributed by atoms with E-state index in [1.165, 1.54) is 6.08 Å². The molecule has 0 saturated carbocycles. The van der Waals surface area contributed by atoms with Gasteiger partial charge in [-0.3, -0.25) is 0 Å². The summed E-state index contributed by atoms with van der Waals surface area (Å²) >= 11 is 0. The van der Waals surface area contributed by atoms with Gasteiger partial charge < -0.3 is 24.4 Å². The van der Waals surface area contributed by atoms with Crippen molar-refractivity contribution in [3.63, 3.8) is 0 Å². The number of hydrogen-bond donors (Lipinski definition) is 2. The van der Waals surface area contributed by atoms with Crippen molar-refractivity contribution in [3.8, 4) is 0 Å². The number of carbonyl (C=O) groups is 2. The normalized spacial score (nSPS) is 23.4. The van der Waals surface area contributed by atoms with Crippen LogP contribution in [0.1, 0.15) is 27.6 Å². The summed E-state index contributed by atoms with van der Waals surface area (Å²) in [6.07, 6.45) is -3.20. The number of aliphatic hydroxyl groups is 2. The summed E-state index contributed by atoms with van der Waals surface area (Å²) in [5.74, 6) is -1.19. The molecule has 0 spiro atoms. The van der Waals surface area contributed by atoms with Gasteiger partial charge in [0.2, 0.25) is 0 Å². The van der Waals surface area contributed by atoms with Crippen LogP contribution in [0.3, 0.4) is 0 Å². The average Bonchev–Trinajstić information content (AvgIpc) is 2.78. The van der Waals surface area contributed by atoms with E-state index in [2.05, 4.69) is 0 Å². The molecule has 3 rings (SSSR count). The summed E-state index contributed by atoms with van der Waals surface area (Å²) in [6, 6.07) is 16.8. The van der Waals surface area contributed by atoms with Crippen LogP contribution in [-0.4, -0.2) is 59.8 Å². The summed E-state index contributed by atoms with van der Waals surface area (Å²) in [5, 5.41) is 21.1. The Bertz CT molecular complexity index is 879. The van der Waals surface area contributed by atoms with Gasteiger partial charge in [-0.25, -0.2) is 9.59 Å². The highest BCUT2D eigenvalue weighted by atomic mass is 16.6. The number of benzene rings is 2. The molecule has 0 radical (unpaired) electrons. The van der Waals surface area contributed by atoms with Crippen molar-refractivity contribution in [3.05, 3.63) is 83.4 Å². The van der Waals surface area contributed by atoms with Crippen LogP contribution in [-0.2, 0) is 14.2 Å². The smallest absolute Gasteiger partial charge is 0.338 e. The molecule has 0 unspecified atom stereocenters. The SMILES string of the molecule is CCO[C@H]1C=C(COC(=O)c2ccccc2)[C@H](O)[C@@H](O)[C@@H]1OC(=O)c1ccccc1. The summed E-state index contributed by atoms with van der Waals surface area (Å²) in [6.45, 7) is 1.83. The van der Waals surface area contributed by atoms with Gasteiger partial charge in [-0.1, -0.05) is 36.4 Å². The maximum absolute atomic E-state index is 12.4. The number of ether oxygens (including phenoxy) is 3. The van der Waals surface area contributed by atoms with Gasteiger partial charge in [-0.05, 0) is 42.8 Å². The van der Waals surface area contributed by atoms with E-state index in [1.807, 2.05) is 0 Å². The molecule has 7 nitrogen and oxygen atoms in total. The van der Waals surface area contributed by atoms with Crippen LogP contribution >= 0.6 is 0 Å². The predicted molar refractivity (Wildman–Crippen MR) is 108 cm³/mol. The Hall–Kier alpha value is -3.00. The molecule has 0 aliphatic heterocycles. The number of hydrogen-bond acceptors (Lipinski definition) is 7. The highest BCUT2D eigenvalue weighted by Crippen LogP contribution is 2.26. The number of rotatable bonds is 7. The Balaban J connectivity index is 1.72. The molecule has 2 aromatic rings. The van der Waals surface area contributed by atoms with Gasteiger partial charge in [0.1, 0.15) is 24.9 Å². The predicted octanol–water partition coefficient (Wildman–Crippen LogP) is 2.14. The second-order valence-electron chi connectivity index (χ2n) is 6.78. The van der Waals surface area contributed by atoms with Gasteiger partial charge in [0.25, 0.3) is 0 Å². The minimum atomic E-state index is -1.44. The molecule has 30 heavy (non-hydrogen) atoms. The fourth-order valence-electron chi connectivity index (χ4n) is 3.18. The molecule has 2 N–H and O–H groups in total. The summed E-state index contributed by atoms with van der Waals surface area (Å²) < 4.78 is 16.3. The third-order valence-corrected chi connectivity index (χ3v) is 4.73. The van der Waals surface area contributed by atoms with Gasteiger partial charge in [-0.2, -0.15) is 0 Å². The van der Waals surface area contributed by atoms with Crippen molar-refractivity contribution in [1.29, 1.82) is 0 Å². The third kappa shape index (κ3) is 5.13. The molecule has 0 amide bonds. The molecule has 158 valence electrons. The van der Waals surface area contributed by atoms with E-state index in [0.29, 0.717) is 17.7 Å². The molecule has 0 bridgehead atoms. The van der Waals surface area contributed by atoms with Gasteiger partial charge >= 0.3 is 11.9 Å². The number of carbonyl (C=O) groups excluding carboxylic acids is 2. The lowest BCUT2D eigenvalue weighted by atomic mass is 9.89. The van der Waals surface area contributed by atoms with Crippen LogP contribution in [0.4, 0.5) is 0 Å². The van der Waals surface area contributed by atoms with E-state index in [1.54, 1.807) is 67.6 Å². The Morgan fingerprint density at radius 2 is 1.47 bits per heavy atom. The Morgan fingerprint density at radius 3 is 2.03 bits per heavy atom. The second-order valence-corrected chi connectivity index (χ2v) is 6.78. The average molecular weight is 412 g/mol. The summed E-state index contributed by atoms with van der Waals surface area (Å²) in [4.78, 5) is 24.6. The van der Waals surface area contributed by atoms with Crippen LogP contribution in [0, 0.1) is 0 Å². The molecule has 4 atom stereocenters. The van der Waals surface area contributed by atoms with E-state index in [4.69, 9.17) is 14.2 Å². The molecule has 1 aliphatic carbocycles. The highest BCUT2D eigenvalue weighted by molar-refractivity contribution is 5.90. The Kier molecular flexibility index (Phi) is 7.35. The van der Waals surface area contributed by atoms with Gasteiger partial charge in [0, 0.05) is 6.61 Å². The van der Waals surface area contributed by atoms with Crippen molar-refractivity contribution >= 4 is 11.9 Å². The van der Waals surface area contributed by atoms with Gasteiger partial charge in [0.15, 0.2) is 6.10 Å². The van der Waals surface area contributed by atoms with Crippen molar-refractivity contribution in [2.24, 2.45) is 0 Å². The molecular weight excluding hydrogens is 388 g/mol. The van der Waals surface area contributed by atoms with Crippen molar-refractivity contribution in [2.45, 2.75) is 31.3 Å². The minimum Gasteiger partial charge on any atom is -0.457 e. The van der Waals surface area contributed by atoms with E-state index in [0.717, 1.165) is 0 Å². The summed E-state index contributed by atoms with van der Waals surface area (Å²) in [7, 11) is 0. The first-order chi connectivity index (χ1) is 14.5. The molecule has 0 fully saturated rings. The molecule has 1 aliphatic rings. The minimum absolute atomic E-state index is 0.227. The Morgan fingerprint density at radius 1 is 0.900 bits per heavy atom. The van der Waals surface area contributed by atoms with E-state index < -0.39 is 36.4 Å². The van der Waals surface area contributed by atoms with Crippen LogP contribution in [0.25, 0.3) is 0 Å². The molecule has 7 heteroatoms. The molecule has 0 heterocycles. The standard InChI is InChI=1S/C23H24O7/c1-2-28-18-13-17(14-29-22(26)15-9-5-3-6-10-15)19(24)20(25)21(18)30-23(27)16-11-7-4-8-12-16/h3-13,18-21,24-25H,2,14H2,1H3/t18-,19-,20+,21+/m0/s1. The first-order valence-corrected chi connectivity index (χ1v) is 9.67. The fraction of sp³-hybridized carbons (Fsp3) is 0.304. The Labute approximate surface area is 174 Å². The topological polar surface area (TPSA) is 102 Å². The second kappa shape index (κ2) is 10.2. The maximum Gasteiger partial charge on any atom is 0.338 e. The zero-order valence-corrected chi connectivity index (χ0v) is 16.5. The fourth-order valence-corrected chi connectivity index (χ4v) is 3.18. The van der Waals surface area contributed by atoms with Crippen LogP contribution in [0.15, 0.2) is 72.3 Å². The zero-order valence-electron chi connectivity index (χ0n) is 16.5. The molecule has 2 aromatic carbocycles. The maximum atomic E-state index is 12.4. The first-order valence-electron chi connectivity index (χ1n) is 9.67. The highest BCUT2D eigenvalue weighted by Gasteiger charge is 2.42. The van der Waals surface area contributed by atoms with Gasteiger partial charge in [-0.15, -0.1) is 0 Å². The van der Waals surface area contributed by atoms with Gasteiger partial charge in [0.05, 0.1) is 11.1 Å². The first kappa shape index (κ1) is 21.7. The van der Waals surface area contributed by atoms with E-state index in [9.17, 15) is 19.8 Å². The monoisotopic (exact) mass is 412 g/mol. The quantitative estimate of drug-likeness (QED) is 0.531. The summed E-state index contributed by atoms with van der Waals surface area (Å²) in [5.41, 5.74) is 0.971. The van der Waals surface area contributed by atoms with Crippen molar-refractivity contribution in [2.75, 3.05) is 13.2 Å².